The van der Waals surface area contributed by atoms with Gasteiger partial charge in [0.25, 0.3) is 0 Å². The van der Waals surface area contributed by atoms with Crippen molar-refractivity contribution in [2.45, 2.75) is 58.2 Å². The van der Waals surface area contributed by atoms with Gasteiger partial charge < -0.3 is 20.3 Å². The Morgan fingerprint density at radius 1 is 1.20 bits per heavy atom. The first-order valence-corrected chi connectivity index (χ1v) is 10.7. The van der Waals surface area contributed by atoms with Gasteiger partial charge in [-0.15, -0.1) is 0 Å². The van der Waals surface area contributed by atoms with Crippen molar-refractivity contribution >= 4 is 11.6 Å². The molecule has 2 N–H and O–H groups in total. The molecule has 0 spiro atoms. The smallest absolute Gasteiger partial charge is 0.172 e. The highest BCUT2D eigenvalue weighted by Gasteiger charge is 2.28. The summed E-state index contributed by atoms with van der Waals surface area (Å²) in [5.41, 5.74) is 2.07. The maximum absolute atomic E-state index is 13.9. The van der Waals surface area contributed by atoms with E-state index in [1.165, 1.54) is 12.1 Å². The number of rotatable bonds is 5. The fourth-order valence-corrected chi connectivity index (χ4v) is 4.03. The molecule has 6 nitrogen and oxygen atoms in total. The number of aromatic nitrogens is 2. The minimum absolute atomic E-state index is 0.102. The molecule has 0 bridgehead atoms. The van der Waals surface area contributed by atoms with Gasteiger partial charge in [0.1, 0.15) is 11.9 Å². The molecule has 3 heterocycles. The molecule has 2 aromatic rings. The highest BCUT2D eigenvalue weighted by atomic mass is 19.1. The van der Waals surface area contributed by atoms with Crippen LogP contribution in [-0.2, 0) is 6.42 Å². The highest BCUT2D eigenvalue weighted by molar-refractivity contribution is 5.62. The summed E-state index contributed by atoms with van der Waals surface area (Å²) in [4.78, 5) is 12.1. The molecule has 0 aliphatic carbocycles. The topological polar surface area (TPSA) is 62.3 Å². The highest BCUT2D eigenvalue weighted by Crippen LogP contribution is 2.31. The van der Waals surface area contributed by atoms with Crippen LogP contribution >= 0.6 is 0 Å². The van der Waals surface area contributed by atoms with Crippen LogP contribution in [0.25, 0.3) is 0 Å². The predicted octanol–water partition coefficient (Wildman–Crippen LogP) is 3.83. The number of nitrogens with zero attached hydrogens (tertiary/aromatic N) is 3. The standard InChI is InChI=1S/C22H29F2N5O/c1-13(2)26-21-22(28-20-14(3)25-9-6-18(20)27-21)29-10-7-16(8-11-29)30-19-5-4-15(23)12-17(19)24/h4-5,12-14,16,25H,6-11H2,1-3H3,(H,26,27). The molecule has 2 aliphatic heterocycles. The largest absolute Gasteiger partial charge is 0.487 e. The van der Waals surface area contributed by atoms with Gasteiger partial charge in [0.2, 0.25) is 0 Å². The summed E-state index contributed by atoms with van der Waals surface area (Å²) < 4.78 is 32.8. The molecular weight excluding hydrogens is 388 g/mol. The number of hydrogen-bond acceptors (Lipinski definition) is 6. The molecule has 8 heteroatoms. The van der Waals surface area contributed by atoms with Gasteiger partial charge in [-0.3, -0.25) is 0 Å². The lowest BCUT2D eigenvalue weighted by Gasteiger charge is -2.35. The first-order chi connectivity index (χ1) is 14.4. The Morgan fingerprint density at radius 2 is 1.97 bits per heavy atom. The summed E-state index contributed by atoms with van der Waals surface area (Å²) in [6.45, 7) is 8.67. The van der Waals surface area contributed by atoms with E-state index in [4.69, 9.17) is 14.7 Å². The van der Waals surface area contributed by atoms with E-state index in [1.807, 2.05) is 0 Å². The number of fused-ring (bicyclic) bond motifs is 1. The van der Waals surface area contributed by atoms with Crippen molar-refractivity contribution in [3.63, 3.8) is 0 Å². The second-order valence-electron chi connectivity index (χ2n) is 8.33. The second-order valence-corrected chi connectivity index (χ2v) is 8.33. The van der Waals surface area contributed by atoms with Gasteiger partial charge >= 0.3 is 0 Å². The summed E-state index contributed by atoms with van der Waals surface area (Å²) in [6.07, 6.45) is 2.21. The normalized spacial score (nSPS) is 19.7. The van der Waals surface area contributed by atoms with Gasteiger partial charge in [-0.25, -0.2) is 18.7 Å². The van der Waals surface area contributed by atoms with E-state index in [9.17, 15) is 8.78 Å². The fraction of sp³-hybridized carbons (Fsp3) is 0.545. The molecule has 30 heavy (non-hydrogen) atoms. The summed E-state index contributed by atoms with van der Waals surface area (Å²) >= 11 is 0. The monoisotopic (exact) mass is 417 g/mol. The number of halogens is 2. The van der Waals surface area contributed by atoms with Gasteiger partial charge in [-0.2, -0.15) is 0 Å². The van der Waals surface area contributed by atoms with Crippen molar-refractivity contribution in [1.29, 1.82) is 0 Å². The molecule has 0 radical (unpaired) electrons. The first kappa shape index (κ1) is 20.8. The number of anilines is 2. The predicted molar refractivity (Wildman–Crippen MR) is 113 cm³/mol. The molecule has 4 rings (SSSR count). The van der Waals surface area contributed by atoms with Crippen LogP contribution in [0.5, 0.6) is 5.75 Å². The third-order valence-corrected chi connectivity index (χ3v) is 5.56. The summed E-state index contributed by atoms with van der Waals surface area (Å²) in [5.74, 6) is 0.522. The Labute approximate surface area is 176 Å². The van der Waals surface area contributed by atoms with Crippen LogP contribution in [0.1, 0.15) is 51.0 Å². The lowest BCUT2D eigenvalue weighted by molar-refractivity contribution is 0.163. The molecule has 162 valence electrons. The van der Waals surface area contributed by atoms with E-state index in [-0.39, 0.29) is 23.9 Å². The molecular formula is C22H29F2N5O. The zero-order valence-electron chi connectivity index (χ0n) is 17.7. The van der Waals surface area contributed by atoms with Crippen LogP contribution in [0.4, 0.5) is 20.4 Å². The molecule has 1 aromatic heterocycles. The molecule has 0 amide bonds. The fourth-order valence-electron chi connectivity index (χ4n) is 4.03. The van der Waals surface area contributed by atoms with Gasteiger partial charge in [0, 0.05) is 57.0 Å². The van der Waals surface area contributed by atoms with Crippen molar-refractivity contribution in [3.8, 4) is 5.75 Å². The van der Waals surface area contributed by atoms with Crippen molar-refractivity contribution in [2.75, 3.05) is 29.9 Å². The van der Waals surface area contributed by atoms with Crippen LogP contribution in [0.3, 0.4) is 0 Å². The Kier molecular flexibility index (Phi) is 6.04. The van der Waals surface area contributed by atoms with E-state index in [0.29, 0.717) is 0 Å². The van der Waals surface area contributed by atoms with Crippen LogP contribution in [0.15, 0.2) is 18.2 Å². The van der Waals surface area contributed by atoms with E-state index >= 15 is 0 Å². The van der Waals surface area contributed by atoms with Gasteiger partial charge in [-0.05, 0) is 32.9 Å². The maximum atomic E-state index is 13.9. The number of nitrogens with one attached hydrogen (secondary N) is 2. The molecule has 1 aromatic carbocycles. The van der Waals surface area contributed by atoms with Gasteiger partial charge in [0.05, 0.1) is 11.4 Å². The zero-order valence-corrected chi connectivity index (χ0v) is 17.7. The Morgan fingerprint density at radius 3 is 2.67 bits per heavy atom. The zero-order chi connectivity index (χ0) is 21.3. The van der Waals surface area contributed by atoms with Gasteiger partial charge in [0.15, 0.2) is 23.2 Å². The third-order valence-electron chi connectivity index (χ3n) is 5.56. The molecule has 1 fully saturated rings. The van der Waals surface area contributed by atoms with Crippen LogP contribution in [-0.4, -0.2) is 41.7 Å². The minimum atomic E-state index is -0.664. The van der Waals surface area contributed by atoms with E-state index in [1.54, 1.807) is 0 Å². The Hall–Kier alpha value is -2.48. The van der Waals surface area contributed by atoms with Gasteiger partial charge in [-0.1, -0.05) is 0 Å². The second kappa shape index (κ2) is 8.71. The molecule has 1 unspecified atom stereocenters. The van der Waals surface area contributed by atoms with Crippen molar-refractivity contribution in [2.24, 2.45) is 0 Å². The quantitative estimate of drug-likeness (QED) is 0.771. The maximum Gasteiger partial charge on any atom is 0.172 e. The minimum Gasteiger partial charge on any atom is -0.487 e. The van der Waals surface area contributed by atoms with Crippen LogP contribution in [0.2, 0.25) is 0 Å². The SMILES string of the molecule is CC(C)Nc1nc2c(nc1N1CCC(Oc3ccc(F)cc3F)CC1)C(C)NCC2. The summed E-state index contributed by atoms with van der Waals surface area (Å²) in [5, 5.41) is 6.90. The molecule has 1 atom stereocenters. The van der Waals surface area contributed by atoms with Crippen molar-refractivity contribution in [1.82, 2.24) is 15.3 Å². The van der Waals surface area contributed by atoms with E-state index in [0.717, 1.165) is 68.0 Å². The first-order valence-electron chi connectivity index (χ1n) is 10.7. The van der Waals surface area contributed by atoms with Crippen molar-refractivity contribution in [3.05, 3.63) is 41.2 Å². The number of hydrogen-bond donors (Lipinski definition) is 2. The summed E-state index contributed by atoms with van der Waals surface area (Å²) in [6, 6.07) is 3.85. The Balaban J connectivity index is 1.50. The number of ether oxygens (including phenoxy) is 1. The molecule has 2 aliphatic rings. The lowest BCUT2D eigenvalue weighted by atomic mass is 10.1. The number of piperidine rings is 1. The van der Waals surface area contributed by atoms with Crippen molar-refractivity contribution < 1.29 is 13.5 Å². The average molecular weight is 418 g/mol. The van der Waals surface area contributed by atoms with Crippen LogP contribution in [0, 0.1) is 11.6 Å². The van der Waals surface area contributed by atoms with Crippen LogP contribution < -0.4 is 20.3 Å². The average Bonchev–Trinajstić information content (AvgIpc) is 2.70. The van der Waals surface area contributed by atoms with E-state index < -0.39 is 11.6 Å². The summed E-state index contributed by atoms with van der Waals surface area (Å²) in [7, 11) is 0. The molecule has 1 saturated heterocycles. The van der Waals surface area contributed by atoms with E-state index in [2.05, 4.69) is 36.3 Å². The number of benzene rings is 1. The Bertz CT molecular complexity index is 899. The lowest BCUT2D eigenvalue weighted by Crippen LogP contribution is -2.40. The molecule has 0 saturated carbocycles. The third kappa shape index (κ3) is 4.48.